The molecule has 0 fully saturated rings. The van der Waals surface area contributed by atoms with Crippen LogP contribution in [0.25, 0.3) is 6.08 Å². The van der Waals surface area contributed by atoms with Gasteiger partial charge < -0.3 is 9.47 Å². The smallest absolute Gasteiger partial charge is 0.348 e. The number of carbonyl (C=O) groups excluding carboxylic acids is 1. The first kappa shape index (κ1) is 18.3. The van der Waals surface area contributed by atoms with Crippen molar-refractivity contribution < 1.29 is 19.2 Å². The molecule has 0 atom stereocenters. The van der Waals surface area contributed by atoms with Gasteiger partial charge in [-0.25, -0.2) is 4.79 Å². The minimum Gasteiger partial charge on any atom is -0.459 e. The van der Waals surface area contributed by atoms with Crippen LogP contribution in [0.3, 0.4) is 0 Å². The average Bonchev–Trinajstić information content (AvgIpc) is 2.52. The monoisotopic (exact) mass is 318 g/mol. The Labute approximate surface area is 134 Å². The molecule has 0 N–H and O–H groups in total. The van der Waals surface area contributed by atoms with Gasteiger partial charge in [0.25, 0.3) is 5.69 Å². The fourth-order valence-electron chi connectivity index (χ4n) is 1.90. The predicted molar refractivity (Wildman–Crippen MR) is 83.6 cm³/mol. The molecule has 0 amide bonds. The first-order chi connectivity index (χ1) is 10.9. The Balaban J connectivity index is 3.09. The van der Waals surface area contributed by atoms with Crippen LogP contribution >= 0.6 is 0 Å². The Hall–Kier alpha value is -2.72. The van der Waals surface area contributed by atoms with Gasteiger partial charge in [-0.3, -0.25) is 10.1 Å². The molecule has 7 nitrogen and oxygen atoms in total. The fraction of sp³-hybridized carbons (Fsp3) is 0.375. The van der Waals surface area contributed by atoms with Crippen LogP contribution in [0.4, 0.5) is 5.69 Å². The SMILES string of the molecule is COCCOC(=O)/C(C#N)=C/c1ccc(C(C)C)c([N+](=O)[O-])c1. The van der Waals surface area contributed by atoms with Crippen molar-refractivity contribution in [3.05, 3.63) is 45.0 Å². The van der Waals surface area contributed by atoms with Crippen LogP contribution in [0.2, 0.25) is 0 Å². The van der Waals surface area contributed by atoms with Gasteiger partial charge in [0.2, 0.25) is 0 Å². The molecular formula is C16H18N2O5. The second-order valence-electron chi connectivity index (χ2n) is 5.03. The second-order valence-corrected chi connectivity index (χ2v) is 5.03. The van der Waals surface area contributed by atoms with Crippen molar-refractivity contribution >= 4 is 17.7 Å². The van der Waals surface area contributed by atoms with E-state index in [1.807, 2.05) is 13.8 Å². The summed E-state index contributed by atoms with van der Waals surface area (Å²) in [5.41, 5.74) is 0.709. The molecule has 0 heterocycles. The zero-order valence-corrected chi connectivity index (χ0v) is 13.2. The maximum atomic E-state index is 11.7. The van der Waals surface area contributed by atoms with Gasteiger partial charge in [-0.2, -0.15) is 5.26 Å². The van der Waals surface area contributed by atoms with Crippen molar-refractivity contribution in [2.75, 3.05) is 20.3 Å². The highest BCUT2D eigenvalue weighted by atomic mass is 16.6. The van der Waals surface area contributed by atoms with Crippen molar-refractivity contribution in [3.8, 4) is 6.07 Å². The average molecular weight is 318 g/mol. The minimum absolute atomic E-state index is 0.0112. The Kier molecular flexibility index (Phi) is 6.90. The molecule has 0 aliphatic heterocycles. The number of hydrogen-bond donors (Lipinski definition) is 0. The number of methoxy groups -OCH3 is 1. The summed E-state index contributed by atoms with van der Waals surface area (Å²) in [5, 5.41) is 20.2. The van der Waals surface area contributed by atoms with Crippen molar-refractivity contribution in [2.24, 2.45) is 0 Å². The molecule has 0 aliphatic carbocycles. The number of rotatable bonds is 7. The molecule has 7 heteroatoms. The van der Waals surface area contributed by atoms with E-state index in [9.17, 15) is 14.9 Å². The first-order valence-corrected chi connectivity index (χ1v) is 6.96. The summed E-state index contributed by atoms with van der Waals surface area (Å²) < 4.78 is 9.61. The largest absolute Gasteiger partial charge is 0.459 e. The Morgan fingerprint density at radius 1 is 1.43 bits per heavy atom. The molecule has 1 aromatic carbocycles. The van der Waals surface area contributed by atoms with Gasteiger partial charge in [0.05, 0.1) is 11.5 Å². The van der Waals surface area contributed by atoms with E-state index in [-0.39, 0.29) is 30.4 Å². The Bertz CT molecular complexity index is 659. The summed E-state index contributed by atoms with van der Waals surface area (Å²) >= 11 is 0. The number of nitro groups is 1. The van der Waals surface area contributed by atoms with Gasteiger partial charge in [-0.15, -0.1) is 0 Å². The molecule has 0 radical (unpaired) electrons. The van der Waals surface area contributed by atoms with Crippen molar-refractivity contribution in [2.45, 2.75) is 19.8 Å². The molecule has 0 saturated carbocycles. The molecule has 0 unspecified atom stereocenters. The van der Waals surface area contributed by atoms with Gasteiger partial charge in [-0.05, 0) is 17.6 Å². The van der Waals surface area contributed by atoms with Crippen molar-refractivity contribution in [1.29, 1.82) is 5.26 Å². The molecule has 1 aromatic rings. The molecular weight excluding hydrogens is 300 g/mol. The zero-order chi connectivity index (χ0) is 17.4. The van der Waals surface area contributed by atoms with E-state index >= 15 is 0 Å². The fourth-order valence-corrected chi connectivity index (χ4v) is 1.90. The van der Waals surface area contributed by atoms with Gasteiger partial charge in [0, 0.05) is 18.7 Å². The number of esters is 1. The summed E-state index contributed by atoms with van der Waals surface area (Å²) in [4.78, 5) is 22.4. The molecule has 1 rings (SSSR count). The van der Waals surface area contributed by atoms with Crippen LogP contribution in [0.15, 0.2) is 23.8 Å². The van der Waals surface area contributed by atoms with Crippen LogP contribution in [0.1, 0.15) is 30.9 Å². The van der Waals surface area contributed by atoms with E-state index in [2.05, 4.69) is 0 Å². The molecule has 0 aliphatic rings. The van der Waals surface area contributed by atoms with Gasteiger partial charge >= 0.3 is 5.97 Å². The Morgan fingerprint density at radius 2 is 2.13 bits per heavy atom. The number of nitriles is 1. The second kappa shape index (κ2) is 8.66. The number of ether oxygens (including phenoxy) is 2. The third kappa shape index (κ3) is 5.20. The predicted octanol–water partition coefficient (Wildman–Crippen LogP) is 2.81. The van der Waals surface area contributed by atoms with Crippen LogP contribution in [-0.2, 0) is 14.3 Å². The quantitative estimate of drug-likeness (QED) is 0.191. The zero-order valence-electron chi connectivity index (χ0n) is 13.2. The Morgan fingerprint density at radius 3 is 2.65 bits per heavy atom. The van der Waals surface area contributed by atoms with Gasteiger partial charge in [0.15, 0.2) is 0 Å². The van der Waals surface area contributed by atoms with Crippen LogP contribution in [-0.4, -0.2) is 31.2 Å². The van der Waals surface area contributed by atoms with Crippen LogP contribution in [0.5, 0.6) is 0 Å². The third-order valence-electron chi connectivity index (χ3n) is 3.05. The summed E-state index contributed by atoms with van der Waals surface area (Å²) in [5.74, 6) is -0.803. The molecule has 0 aromatic heterocycles. The molecule has 122 valence electrons. The highest BCUT2D eigenvalue weighted by molar-refractivity contribution is 5.98. The van der Waals surface area contributed by atoms with E-state index < -0.39 is 10.9 Å². The lowest BCUT2D eigenvalue weighted by Crippen LogP contribution is -2.11. The standard InChI is InChI=1S/C16H18N2O5/c1-11(2)14-5-4-12(9-15(14)18(20)21)8-13(10-17)16(19)23-7-6-22-3/h4-5,8-9,11H,6-7H2,1-3H3/b13-8+. The van der Waals surface area contributed by atoms with Crippen LogP contribution in [0, 0.1) is 21.4 Å². The minimum atomic E-state index is -0.792. The number of nitro benzene ring substituents is 1. The van der Waals surface area contributed by atoms with E-state index in [0.717, 1.165) is 0 Å². The lowest BCUT2D eigenvalue weighted by atomic mass is 9.98. The van der Waals surface area contributed by atoms with E-state index in [1.165, 1.54) is 19.3 Å². The summed E-state index contributed by atoms with van der Waals surface area (Å²) in [6, 6.07) is 6.33. The van der Waals surface area contributed by atoms with Crippen LogP contribution < -0.4 is 0 Å². The van der Waals surface area contributed by atoms with Crippen molar-refractivity contribution in [3.63, 3.8) is 0 Å². The maximum Gasteiger partial charge on any atom is 0.348 e. The summed E-state index contributed by atoms with van der Waals surface area (Å²) in [7, 11) is 1.46. The maximum absolute atomic E-state index is 11.7. The summed E-state index contributed by atoms with van der Waals surface area (Å²) in [6.45, 7) is 3.96. The first-order valence-electron chi connectivity index (χ1n) is 6.96. The summed E-state index contributed by atoms with van der Waals surface area (Å²) in [6.07, 6.45) is 1.27. The highest BCUT2D eigenvalue weighted by Crippen LogP contribution is 2.28. The van der Waals surface area contributed by atoms with E-state index in [0.29, 0.717) is 11.1 Å². The lowest BCUT2D eigenvalue weighted by Gasteiger charge is -2.07. The van der Waals surface area contributed by atoms with Crippen molar-refractivity contribution in [1.82, 2.24) is 0 Å². The molecule has 0 saturated heterocycles. The molecule has 0 spiro atoms. The lowest BCUT2D eigenvalue weighted by molar-refractivity contribution is -0.385. The van der Waals surface area contributed by atoms with Gasteiger partial charge in [-0.1, -0.05) is 26.0 Å². The topological polar surface area (TPSA) is 102 Å². The third-order valence-corrected chi connectivity index (χ3v) is 3.05. The normalized spacial score (nSPS) is 11.2. The molecule has 0 bridgehead atoms. The van der Waals surface area contributed by atoms with E-state index in [4.69, 9.17) is 14.7 Å². The number of benzene rings is 1. The number of hydrogen-bond acceptors (Lipinski definition) is 6. The number of nitrogens with zero attached hydrogens (tertiary/aromatic N) is 2. The van der Waals surface area contributed by atoms with E-state index in [1.54, 1.807) is 18.2 Å². The highest BCUT2D eigenvalue weighted by Gasteiger charge is 2.17. The molecule has 23 heavy (non-hydrogen) atoms. The number of carbonyl (C=O) groups is 1. The van der Waals surface area contributed by atoms with Gasteiger partial charge in [0.1, 0.15) is 18.2 Å².